The second-order valence-electron chi connectivity index (χ2n) is 4.64. The van der Waals surface area contributed by atoms with Gasteiger partial charge in [0.25, 0.3) is 5.91 Å². The molecule has 0 atom stereocenters. The third-order valence-electron chi connectivity index (χ3n) is 2.95. The van der Waals surface area contributed by atoms with E-state index in [2.05, 4.69) is 5.32 Å². The maximum atomic E-state index is 12.2. The van der Waals surface area contributed by atoms with E-state index in [1.807, 2.05) is 13.0 Å². The molecule has 0 aromatic heterocycles. The maximum Gasteiger partial charge on any atom is 0.266 e. The van der Waals surface area contributed by atoms with E-state index in [-0.39, 0.29) is 5.57 Å². The first kappa shape index (κ1) is 16.6. The van der Waals surface area contributed by atoms with Crippen molar-refractivity contribution in [1.82, 2.24) is 0 Å². The van der Waals surface area contributed by atoms with Crippen LogP contribution in [0.1, 0.15) is 12.5 Å². The van der Waals surface area contributed by atoms with Crippen LogP contribution in [0.5, 0.6) is 5.75 Å². The highest BCUT2D eigenvalue weighted by Gasteiger charge is 2.10. The molecule has 0 saturated heterocycles. The van der Waals surface area contributed by atoms with Crippen LogP contribution < -0.4 is 10.1 Å². The maximum absolute atomic E-state index is 12.2. The number of amides is 1. The molecule has 0 unspecified atom stereocenters. The lowest BCUT2D eigenvalue weighted by Gasteiger charge is -2.07. The van der Waals surface area contributed by atoms with E-state index in [9.17, 15) is 10.1 Å². The highest BCUT2D eigenvalue weighted by atomic mass is 35.5. The standard InChI is InChI=1S/C18H15ClN2O2/c1-2-23-17-5-3-4-16(11-17)21-18(22)14(12-20)10-13-6-8-15(19)9-7-13/h3-11H,2H2,1H3,(H,21,22)/b14-10-. The first-order chi connectivity index (χ1) is 11.1. The van der Waals surface area contributed by atoms with Gasteiger partial charge in [0.1, 0.15) is 17.4 Å². The molecule has 0 heterocycles. The highest BCUT2D eigenvalue weighted by Crippen LogP contribution is 2.18. The van der Waals surface area contributed by atoms with Crippen LogP contribution in [0.15, 0.2) is 54.1 Å². The average Bonchev–Trinajstić information content (AvgIpc) is 2.55. The topological polar surface area (TPSA) is 62.1 Å². The summed E-state index contributed by atoms with van der Waals surface area (Å²) in [5, 5.41) is 12.5. The number of nitrogens with zero attached hydrogens (tertiary/aromatic N) is 1. The Morgan fingerprint density at radius 1 is 1.30 bits per heavy atom. The van der Waals surface area contributed by atoms with Crippen molar-refractivity contribution in [3.63, 3.8) is 0 Å². The minimum Gasteiger partial charge on any atom is -0.494 e. The number of nitriles is 1. The Morgan fingerprint density at radius 2 is 2.04 bits per heavy atom. The first-order valence-electron chi connectivity index (χ1n) is 7.04. The Kier molecular flexibility index (Phi) is 5.79. The molecule has 0 aliphatic carbocycles. The average molecular weight is 327 g/mol. The molecule has 0 spiro atoms. The number of carbonyl (C=O) groups is 1. The SMILES string of the molecule is CCOc1cccc(NC(=O)/C(C#N)=C\c2ccc(Cl)cc2)c1. The number of ether oxygens (including phenoxy) is 1. The van der Waals surface area contributed by atoms with E-state index in [1.165, 1.54) is 6.08 Å². The Balaban J connectivity index is 2.16. The summed E-state index contributed by atoms with van der Waals surface area (Å²) in [5.74, 6) is 0.182. The van der Waals surface area contributed by atoms with Gasteiger partial charge in [-0.2, -0.15) is 5.26 Å². The molecule has 2 rings (SSSR count). The highest BCUT2D eigenvalue weighted by molar-refractivity contribution is 6.30. The quantitative estimate of drug-likeness (QED) is 0.658. The molecule has 0 aliphatic rings. The minimum atomic E-state index is -0.476. The number of anilines is 1. The van der Waals surface area contributed by atoms with E-state index in [0.29, 0.717) is 23.1 Å². The molecular weight excluding hydrogens is 312 g/mol. The molecular formula is C18H15ClN2O2. The van der Waals surface area contributed by atoms with Crippen LogP contribution in [0.3, 0.4) is 0 Å². The zero-order chi connectivity index (χ0) is 16.7. The molecule has 5 heteroatoms. The number of rotatable bonds is 5. The van der Waals surface area contributed by atoms with Crippen LogP contribution in [0.25, 0.3) is 6.08 Å². The molecule has 0 bridgehead atoms. The molecule has 0 radical (unpaired) electrons. The second kappa shape index (κ2) is 8.02. The molecule has 23 heavy (non-hydrogen) atoms. The van der Waals surface area contributed by atoms with Gasteiger partial charge in [-0.25, -0.2) is 0 Å². The summed E-state index contributed by atoms with van der Waals surface area (Å²) < 4.78 is 5.38. The van der Waals surface area contributed by atoms with Gasteiger partial charge in [0.05, 0.1) is 6.61 Å². The van der Waals surface area contributed by atoms with Gasteiger partial charge < -0.3 is 10.1 Å². The van der Waals surface area contributed by atoms with Gasteiger partial charge in [-0.3, -0.25) is 4.79 Å². The number of hydrogen-bond donors (Lipinski definition) is 1. The third kappa shape index (κ3) is 4.87. The molecule has 0 aliphatic heterocycles. The normalized spacial score (nSPS) is 10.7. The zero-order valence-electron chi connectivity index (χ0n) is 12.5. The van der Waals surface area contributed by atoms with Crippen molar-refractivity contribution in [2.45, 2.75) is 6.92 Å². The summed E-state index contributed by atoms with van der Waals surface area (Å²) in [4.78, 5) is 12.2. The summed E-state index contributed by atoms with van der Waals surface area (Å²) in [7, 11) is 0. The lowest BCUT2D eigenvalue weighted by atomic mass is 10.1. The van der Waals surface area contributed by atoms with Crippen molar-refractivity contribution in [3.8, 4) is 11.8 Å². The number of benzene rings is 2. The Labute approximate surface area is 140 Å². The summed E-state index contributed by atoms with van der Waals surface area (Å²) >= 11 is 5.82. The summed E-state index contributed by atoms with van der Waals surface area (Å²) in [6.07, 6.45) is 1.51. The van der Waals surface area contributed by atoms with Gasteiger partial charge in [0, 0.05) is 16.8 Å². The van der Waals surface area contributed by atoms with Crippen molar-refractivity contribution in [3.05, 3.63) is 64.7 Å². The van der Waals surface area contributed by atoms with Gasteiger partial charge in [-0.1, -0.05) is 29.8 Å². The predicted octanol–water partition coefficient (Wildman–Crippen LogP) is 4.28. The Morgan fingerprint density at radius 3 is 2.70 bits per heavy atom. The lowest BCUT2D eigenvalue weighted by molar-refractivity contribution is -0.112. The van der Waals surface area contributed by atoms with Gasteiger partial charge in [0.2, 0.25) is 0 Å². The van der Waals surface area contributed by atoms with E-state index >= 15 is 0 Å². The number of hydrogen-bond acceptors (Lipinski definition) is 3. The fraction of sp³-hybridized carbons (Fsp3) is 0.111. The number of carbonyl (C=O) groups excluding carboxylic acids is 1. The molecule has 2 aromatic rings. The van der Waals surface area contributed by atoms with E-state index in [0.717, 1.165) is 5.56 Å². The van der Waals surface area contributed by atoms with Crippen LogP contribution >= 0.6 is 11.6 Å². The number of halogens is 1. The fourth-order valence-electron chi connectivity index (χ4n) is 1.90. The lowest BCUT2D eigenvalue weighted by Crippen LogP contribution is -2.13. The van der Waals surface area contributed by atoms with E-state index in [4.69, 9.17) is 16.3 Å². The van der Waals surface area contributed by atoms with Crippen molar-refractivity contribution in [2.24, 2.45) is 0 Å². The zero-order valence-corrected chi connectivity index (χ0v) is 13.3. The van der Waals surface area contributed by atoms with Crippen LogP contribution in [-0.2, 0) is 4.79 Å². The van der Waals surface area contributed by atoms with Crippen LogP contribution in [0.4, 0.5) is 5.69 Å². The van der Waals surface area contributed by atoms with Gasteiger partial charge >= 0.3 is 0 Å². The van der Waals surface area contributed by atoms with Gasteiger partial charge in [-0.15, -0.1) is 0 Å². The Bertz CT molecular complexity index is 761. The van der Waals surface area contributed by atoms with Crippen molar-refractivity contribution >= 4 is 29.3 Å². The van der Waals surface area contributed by atoms with Crippen LogP contribution in [0.2, 0.25) is 5.02 Å². The van der Waals surface area contributed by atoms with E-state index in [1.54, 1.807) is 48.5 Å². The molecule has 0 saturated carbocycles. The van der Waals surface area contributed by atoms with Crippen molar-refractivity contribution < 1.29 is 9.53 Å². The molecule has 4 nitrogen and oxygen atoms in total. The summed E-state index contributed by atoms with van der Waals surface area (Å²) in [6.45, 7) is 2.42. The molecule has 116 valence electrons. The Hall–Kier alpha value is -2.77. The largest absolute Gasteiger partial charge is 0.494 e. The molecule has 1 N–H and O–H groups in total. The van der Waals surface area contributed by atoms with Gasteiger partial charge in [-0.05, 0) is 42.8 Å². The first-order valence-corrected chi connectivity index (χ1v) is 7.41. The smallest absolute Gasteiger partial charge is 0.266 e. The van der Waals surface area contributed by atoms with Crippen LogP contribution in [0, 0.1) is 11.3 Å². The van der Waals surface area contributed by atoms with Gasteiger partial charge in [0.15, 0.2) is 0 Å². The third-order valence-corrected chi connectivity index (χ3v) is 3.20. The summed E-state index contributed by atoms with van der Waals surface area (Å²) in [5.41, 5.74) is 1.30. The molecule has 1 amide bonds. The predicted molar refractivity (Wildman–Crippen MR) is 91.3 cm³/mol. The van der Waals surface area contributed by atoms with Crippen molar-refractivity contribution in [2.75, 3.05) is 11.9 Å². The molecule has 2 aromatic carbocycles. The minimum absolute atomic E-state index is 0.00846. The monoisotopic (exact) mass is 326 g/mol. The van der Waals surface area contributed by atoms with Crippen molar-refractivity contribution in [1.29, 1.82) is 5.26 Å². The summed E-state index contributed by atoms with van der Waals surface area (Å²) in [6, 6.07) is 15.8. The fourth-order valence-corrected chi connectivity index (χ4v) is 2.03. The molecule has 0 fully saturated rings. The second-order valence-corrected chi connectivity index (χ2v) is 5.07. The van der Waals surface area contributed by atoms with Crippen LogP contribution in [-0.4, -0.2) is 12.5 Å². The van der Waals surface area contributed by atoms with E-state index < -0.39 is 5.91 Å². The number of nitrogens with one attached hydrogen (secondary N) is 1.